The van der Waals surface area contributed by atoms with E-state index in [0.29, 0.717) is 6.61 Å². The highest BCUT2D eigenvalue weighted by atomic mass is 35.5. The Hall–Kier alpha value is -0.670. The molecule has 1 aromatic carbocycles. The zero-order chi connectivity index (χ0) is 10.8. The monoisotopic (exact) mass is 242 g/mol. The first kappa shape index (κ1) is 10.8. The minimum Gasteiger partial charge on any atom is -0.463 e. The average molecular weight is 243 g/mol. The first-order valence-corrected chi connectivity index (χ1v) is 6.06. The third-order valence-corrected chi connectivity index (χ3v) is 3.91. The van der Waals surface area contributed by atoms with Crippen molar-refractivity contribution in [3.05, 3.63) is 34.9 Å². The lowest BCUT2D eigenvalue weighted by Gasteiger charge is -2.25. The number of hydrogen-bond donors (Lipinski definition) is 0. The van der Waals surface area contributed by atoms with Gasteiger partial charge in [0.2, 0.25) is 0 Å². The van der Waals surface area contributed by atoms with Crippen molar-refractivity contribution in [1.29, 1.82) is 0 Å². The van der Waals surface area contributed by atoms with Crippen LogP contribution < -0.4 is 0 Å². The molecule has 0 spiro atoms. The Morgan fingerprint density at radius 2 is 2.07 bits per heavy atom. The fourth-order valence-corrected chi connectivity index (χ4v) is 2.73. The Balaban J connectivity index is 2.12. The Morgan fingerprint density at radius 1 is 1.40 bits per heavy atom. The summed E-state index contributed by atoms with van der Waals surface area (Å²) in [6.45, 7) is 2.32. The van der Waals surface area contributed by atoms with Gasteiger partial charge >= 0.3 is 5.97 Å². The number of halogens is 1. The van der Waals surface area contributed by atoms with Crippen molar-refractivity contribution in [3.63, 3.8) is 0 Å². The second kappa shape index (κ2) is 4.45. The summed E-state index contributed by atoms with van der Waals surface area (Å²) in [5.74, 6) is -0.120. The second-order valence-electron chi connectivity index (χ2n) is 3.45. The Kier molecular flexibility index (Phi) is 3.22. The van der Waals surface area contributed by atoms with Crippen LogP contribution in [0.3, 0.4) is 0 Å². The molecule has 1 aliphatic heterocycles. The molecule has 0 saturated carbocycles. The van der Waals surface area contributed by atoms with Crippen LogP contribution in [0.25, 0.3) is 0 Å². The molecule has 0 amide bonds. The van der Waals surface area contributed by atoms with Gasteiger partial charge < -0.3 is 4.74 Å². The molecule has 0 bridgehead atoms. The number of carbonyl (C=O) groups excluding carboxylic acids is 1. The van der Waals surface area contributed by atoms with Gasteiger partial charge in [0.1, 0.15) is 11.9 Å². The summed E-state index contributed by atoms with van der Waals surface area (Å²) in [7, 11) is 0. The number of ether oxygens (including phenoxy) is 1. The van der Waals surface area contributed by atoms with Gasteiger partial charge in [-0.05, 0) is 24.6 Å². The predicted molar refractivity (Wildman–Crippen MR) is 62.2 cm³/mol. The van der Waals surface area contributed by atoms with Crippen molar-refractivity contribution in [1.82, 2.24) is 0 Å². The third-order valence-electron chi connectivity index (χ3n) is 2.32. The smallest absolute Gasteiger partial charge is 0.318 e. The zero-order valence-electron chi connectivity index (χ0n) is 8.27. The van der Waals surface area contributed by atoms with E-state index in [4.69, 9.17) is 16.3 Å². The van der Waals surface area contributed by atoms with E-state index in [1.807, 2.05) is 31.2 Å². The van der Waals surface area contributed by atoms with Gasteiger partial charge in [0.05, 0.1) is 5.25 Å². The molecule has 1 saturated heterocycles. The van der Waals surface area contributed by atoms with E-state index < -0.39 is 0 Å². The van der Waals surface area contributed by atoms with E-state index in [2.05, 4.69) is 0 Å². The van der Waals surface area contributed by atoms with Gasteiger partial charge in [0.15, 0.2) is 0 Å². The molecule has 1 fully saturated rings. The maximum absolute atomic E-state index is 11.2. The van der Waals surface area contributed by atoms with Crippen molar-refractivity contribution >= 4 is 29.3 Å². The van der Waals surface area contributed by atoms with Gasteiger partial charge in [0.25, 0.3) is 0 Å². The summed E-state index contributed by atoms with van der Waals surface area (Å²) in [6, 6.07) is 7.68. The maximum atomic E-state index is 11.2. The minimum absolute atomic E-state index is 0.0839. The molecule has 0 aliphatic carbocycles. The molecular formula is C11H11ClO2S. The first-order chi connectivity index (χ1) is 7.16. The van der Waals surface area contributed by atoms with Gasteiger partial charge in [-0.15, -0.1) is 11.8 Å². The summed E-state index contributed by atoms with van der Waals surface area (Å²) in [6.07, 6.45) is 0. The maximum Gasteiger partial charge on any atom is 0.318 e. The van der Waals surface area contributed by atoms with Gasteiger partial charge in [-0.2, -0.15) is 0 Å². The highest BCUT2D eigenvalue weighted by Crippen LogP contribution is 2.36. The van der Waals surface area contributed by atoms with Crippen LogP contribution in [0.2, 0.25) is 5.02 Å². The highest BCUT2D eigenvalue weighted by molar-refractivity contribution is 8.00. The zero-order valence-corrected chi connectivity index (χ0v) is 9.85. The summed E-state index contributed by atoms with van der Waals surface area (Å²) in [5, 5.41) is 0.874. The van der Waals surface area contributed by atoms with Gasteiger partial charge in [-0.3, -0.25) is 4.79 Å². The lowest BCUT2D eigenvalue weighted by atomic mass is 10.1. The number of esters is 1. The first-order valence-electron chi connectivity index (χ1n) is 4.74. The minimum atomic E-state index is -0.120. The van der Waals surface area contributed by atoms with Crippen LogP contribution in [0.5, 0.6) is 0 Å². The summed E-state index contributed by atoms with van der Waals surface area (Å²) in [4.78, 5) is 11.2. The van der Waals surface area contributed by atoms with E-state index in [-0.39, 0.29) is 16.5 Å². The molecule has 0 radical (unpaired) electrons. The SMILES string of the molecule is CC1SC(c2ccc(Cl)cc2)COC1=O. The molecule has 80 valence electrons. The number of carbonyl (C=O) groups is 1. The molecule has 2 nitrogen and oxygen atoms in total. The van der Waals surface area contributed by atoms with Crippen LogP contribution in [0, 0.1) is 0 Å². The van der Waals surface area contributed by atoms with Crippen molar-refractivity contribution in [2.45, 2.75) is 17.4 Å². The van der Waals surface area contributed by atoms with Gasteiger partial charge in [-0.1, -0.05) is 23.7 Å². The quantitative estimate of drug-likeness (QED) is 0.708. The third kappa shape index (κ3) is 2.47. The highest BCUT2D eigenvalue weighted by Gasteiger charge is 2.28. The van der Waals surface area contributed by atoms with Gasteiger partial charge in [-0.25, -0.2) is 0 Å². The second-order valence-corrected chi connectivity index (χ2v) is 5.43. The Bertz CT molecular complexity index is 363. The van der Waals surface area contributed by atoms with Crippen LogP contribution in [-0.4, -0.2) is 17.8 Å². The molecule has 1 heterocycles. The molecule has 4 heteroatoms. The van der Waals surface area contributed by atoms with Crippen molar-refractivity contribution in [2.75, 3.05) is 6.61 Å². The average Bonchev–Trinajstić information content (AvgIpc) is 2.23. The molecule has 2 rings (SSSR count). The molecule has 0 aromatic heterocycles. The molecular weight excluding hydrogens is 232 g/mol. The van der Waals surface area contributed by atoms with Gasteiger partial charge in [0, 0.05) is 5.02 Å². The molecule has 2 unspecified atom stereocenters. The predicted octanol–water partition coefficient (Wildman–Crippen LogP) is 3.06. The summed E-state index contributed by atoms with van der Waals surface area (Å²) < 4.78 is 5.09. The number of benzene rings is 1. The largest absolute Gasteiger partial charge is 0.463 e. The van der Waals surface area contributed by atoms with E-state index in [1.165, 1.54) is 0 Å². The molecule has 15 heavy (non-hydrogen) atoms. The number of rotatable bonds is 1. The lowest BCUT2D eigenvalue weighted by molar-refractivity contribution is -0.143. The summed E-state index contributed by atoms with van der Waals surface area (Å²) in [5.41, 5.74) is 1.16. The van der Waals surface area contributed by atoms with E-state index in [9.17, 15) is 4.79 Å². The number of cyclic esters (lactones) is 1. The Labute approximate surface area is 98.0 Å². The Morgan fingerprint density at radius 3 is 2.67 bits per heavy atom. The fraction of sp³-hybridized carbons (Fsp3) is 0.364. The molecule has 1 aliphatic rings. The fourth-order valence-electron chi connectivity index (χ4n) is 1.47. The summed E-state index contributed by atoms with van der Waals surface area (Å²) >= 11 is 7.45. The van der Waals surface area contributed by atoms with Crippen molar-refractivity contribution in [2.24, 2.45) is 0 Å². The number of thioether (sulfide) groups is 1. The molecule has 0 N–H and O–H groups in total. The van der Waals surface area contributed by atoms with Crippen LogP contribution in [0.4, 0.5) is 0 Å². The van der Waals surface area contributed by atoms with Crippen LogP contribution >= 0.6 is 23.4 Å². The van der Waals surface area contributed by atoms with E-state index in [1.54, 1.807) is 11.8 Å². The van der Waals surface area contributed by atoms with Crippen LogP contribution in [0.1, 0.15) is 17.7 Å². The van der Waals surface area contributed by atoms with Crippen molar-refractivity contribution < 1.29 is 9.53 Å². The lowest BCUT2D eigenvalue weighted by Crippen LogP contribution is -2.26. The van der Waals surface area contributed by atoms with Crippen LogP contribution in [-0.2, 0) is 9.53 Å². The van der Waals surface area contributed by atoms with Crippen molar-refractivity contribution in [3.8, 4) is 0 Å². The normalized spacial score (nSPS) is 26.1. The van der Waals surface area contributed by atoms with E-state index >= 15 is 0 Å². The molecule has 1 aromatic rings. The standard InChI is InChI=1S/C11H11ClO2S/c1-7-11(13)14-6-10(15-7)8-2-4-9(12)5-3-8/h2-5,7,10H,6H2,1H3. The van der Waals surface area contributed by atoms with E-state index in [0.717, 1.165) is 10.6 Å². The number of hydrogen-bond acceptors (Lipinski definition) is 3. The van der Waals surface area contributed by atoms with Crippen LogP contribution in [0.15, 0.2) is 24.3 Å². The molecule has 2 atom stereocenters. The topological polar surface area (TPSA) is 26.3 Å².